The van der Waals surface area contributed by atoms with Gasteiger partial charge in [0.2, 0.25) is 0 Å². The first-order valence-electron chi connectivity index (χ1n) is 21.9. The van der Waals surface area contributed by atoms with Gasteiger partial charge in [0.15, 0.2) is 0 Å². The molecule has 0 aromatic heterocycles. The summed E-state index contributed by atoms with van der Waals surface area (Å²) in [6.45, 7) is 0. The maximum atomic E-state index is 6.09. The van der Waals surface area contributed by atoms with Crippen molar-refractivity contribution in [1.82, 2.24) is 0 Å². The van der Waals surface area contributed by atoms with Crippen molar-refractivity contribution < 1.29 is 4.74 Å². The molecule has 1 aliphatic heterocycles. The number of hydrogen-bond acceptors (Lipinski definition) is 3. The quantitative estimate of drug-likeness (QED) is 0.152. The molecule has 0 radical (unpaired) electrons. The summed E-state index contributed by atoms with van der Waals surface area (Å²) in [4.78, 5) is 4.71. The van der Waals surface area contributed by atoms with Gasteiger partial charge in [-0.25, -0.2) is 0 Å². The van der Waals surface area contributed by atoms with Crippen LogP contribution in [0.25, 0.3) is 44.2 Å². The number of hydrogen-bond donors (Lipinski definition) is 0. The van der Waals surface area contributed by atoms with E-state index in [0.717, 1.165) is 45.4 Å². The Morgan fingerprint density at radius 3 is 1.50 bits per heavy atom. The van der Waals surface area contributed by atoms with Crippen molar-refractivity contribution in [3.8, 4) is 39.1 Å². The monoisotopic (exact) mass is 818 g/mol. The predicted octanol–water partition coefficient (Wildman–Crippen LogP) is 16.3. The van der Waals surface area contributed by atoms with Gasteiger partial charge in [-0.2, -0.15) is 0 Å². The third-order valence-corrected chi connectivity index (χ3v) is 13.0. The van der Waals surface area contributed by atoms with E-state index < -0.39 is 5.41 Å². The van der Waals surface area contributed by atoms with Gasteiger partial charge in [-0.3, -0.25) is 0 Å². The maximum absolute atomic E-state index is 6.09. The van der Waals surface area contributed by atoms with Gasteiger partial charge in [0.25, 0.3) is 0 Å². The third-order valence-electron chi connectivity index (χ3n) is 13.0. The highest BCUT2D eigenvalue weighted by atomic mass is 16.5. The molecule has 1 heterocycles. The number of rotatable bonds is 8. The van der Waals surface area contributed by atoms with E-state index in [1.165, 1.54) is 55.3 Å². The van der Waals surface area contributed by atoms with Gasteiger partial charge in [0.05, 0.1) is 17.4 Å². The second-order valence-electron chi connectivity index (χ2n) is 16.5. The summed E-state index contributed by atoms with van der Waals surface area (Å²) in [7, 11) is 0. The van der Waals surface area contributed by atoms with Crippen LogP contribution in [0.15, 0.2) is 255 Å². The minimum absolute atomic E-state index is 0.461. The normalized spacial score (nSPS) is 14.4. The molecule has 1 aliphatic carbocycles. The van der Waals surface area contributed by atoms with Gasteiger partial charge in [-0.05, 0) is 129 Å². The number of allylic oxidation sites excluding steroid dienone is 1. The van der Waals surface area contributed by atoms with Gasteiger partial charge < -0.3 is 14.5 Å². The van der Waals surface area contributed by atoms with E-state index in [4.69, 9.17) is 4.74 Å². The lowest BCUT2D eigenvalue weighted by molar-refractivity contribution is 0.446. The Morgan fingerprint density at radius 1 is 0.328 bits per heavy atom. The number of nitrogens with zero attached hydrogens (tertiary/aromatic N) is 2. The van der Waals surface area contributed by atoms with Crippen molar-refractivity contribution in [3.05, 3.63) is 272 Å². The molecule has 10 aromatic carbocycles. The van der Waals surface area contributed by atoms with Crippen LogP contribution in [0.3, 0.4) is 0 Å². The highest BCUT2D eigenvalue weighted by Gasteiger charge is 2.46. The van der Waals surface area contributed by atoms with Crippen LogP contribution < -0.4 is 14.5 Å². The first-order valence-corrected chi connectivity index (χ1v) is 21.9. The average Bonchev–Trinajstić information content (AvgIpc) is 3.64. The zero-order valence-corrected chi connectivity index (χ0v) is 35.1. The lowest BCUT2D eigenvalue weighted by atomic mass is 9.71. The first-order chi connectivity index (χ1) is 31.7. The molecule has 0 saturated heterocycles. The zero-order chi connectivity index (χ0) is 42.5. The molecule has 0 bridgehead atoms. The zero-order valence-electron chi connectivity index (χ0n) is 35.1. The summed E-state index contributed by atoms with van der Waals surface area (Å²) < 4.78 is 6.09. The van der Waals surface area contributed by atoms with Crippen LogP contribution in [-0.4, -0.2) is 0 Å². The average molecular weight is 819 g/mol. The summed E-state index contributed by atoms with van der Waals surface area (Å²) >= 11 is 0. The van der Waals surface area contributed by atoms with E-state index in [1.807, 2.05) is 12.3 Å². The Hall–Kier alpha value is -8.40. The topological polar surface area (TPSA) is 15.7 Å². The Morgan fingerprint density at radius 2 is 0.812 bits per heavy atom. The van der Waals surface area contributed by atoms with Crippen LogP contribution in [0.4, 0.5) is 34.1 Å². The van der Waals surface area contributed by atoms with Crippen molar-refractivity contribution in [2.45, 2.75) is 5.41 Å². The smallest absolute Gasteiger partial charge is 0.131 e. The van der Waals surface area contributed by atoms with E-state index in [-0.39, 0.29) is 0 Å². The van der Waals surface area contributed by atoms with E-state index in [0.29, 0.717) is 0 Å². The Bertz CT molecular complexity index is 3340. The van der Waals surface area contributed by atoms with E-state index in [9.17, 15) is 0 Å². The molecule has 1 spiro atoms. The fourth-order valence-electron chi connectivity index (χ4n) is 10.00. The Kier molecular flexibility index (Phi) is 9.05. The molecule has 0 saturated carbocycles. The number of para-hydroxylation sites is 3. The molecule has 1 atom stereocenters. The number of fused-ring (bicyclic) bond motifs is 8. The third kappa shape index (κ3) is 6.20. The minimum atomic E-state index is -0.461. The van der Waals surface area contributed by atoms with E-state index in [1.54, 1.807) is 0 Å². The fraction of sp³-hybridized carbons (Fsp3) is 0.0164. The van der Waals surface area contributed by atoms with Crippen LogP contribution >= 0.6 is 0 Å². The van der Waals surface area contributed by atoms with Gasteiger partial charge in [-0.1, -0.05) is 170 Å². The predicted molar refractivity (Wildman–Crippen MR) is 266 cm³/mol. The van der Waals surface area contributed by atoms with Gasteiger partial charge >= 0.3 is 0 Å². The lowest BCUT2D eigenvalue weighted by Gasteiger charge is -2.34. The molecule has 1 unspecified atom stereocenters. The molecule has 12 rings (SSSR count). The Balaban J connectivity index is 0.855. The maximum Gasteiger partial charge on any atom is 0.131 e. The molecule has 3 nitrogen and oxygen atoms in total. The minimum Gasteiger partial charge on any atom is -0.465 e. The van der Waals surface area contributed by atoms with Crippen molar-refractivity contribution in [3.63, 3.8) is 0 Å². The van der Waals surface area contributed by atoms with Crippen LogP contribution in [0.5, 0.6) is 5.75 Å². The molecule has 64 heavy (non-hydrogen) atoms. The molecule has 10 aromatic rings. The highest BCUT2D eigenvalue weighted by Crippen LogP contribution is 2.57. The van der Waals surface area contributed by atoms with Gasteiger partial charge in [0.1, 0.15) is 5.75 Å². The molecular weight excluding hydrogens is 777 g/mol. The second kappa shape index (κ2) is 15.5. The second-order valence-corrected chi connectivity index (χ2v) is 16.5. The summed E-state index contributed by atoms with van der Waals surface area (Å²) in [5.41, 5.74) is 17.1. The van der Waals surface area contributed by atoms with Gasteiger partial charge in [-0.15, -0.1) is 0 Å². The summed E-state index contributed by atoms with van der Waals surface area (Å²) in [6, 6.07) is 87.4. The first kappa shape index (κ1) is 37.4. The summed E-state index contributed by atoms with van der Waals surface area (Å²) in [6.07, 6.45) is 4.10. The summed E-state index contributed by atoms with van der Waals surface area (Å²) in [5, 5.41) is 2.44. The van der Waals surface area contributed by atoms with Crippen molar-refractivity contribution in [2.24, 2.45) is 0 Å². The molecule has 2 aliphatic rings. The molecular formula is C61H42N2O. The molecule has 3 heteroatoms. The van der Waals surface area contributed by atoms with Gasteiger partial charge in [0, 0.05) is 39.4 Å². The standard InChI is InChI=1S/C61H42N2O/c1-3-16-48(17-4-1)62(52-38-39-55-54-21-9-10-22-56(54)61(58(55)42-52)40-41-64-60-25-12-11-23-57(60)61)50-34-30-45(31-35-50)43-26-28-44(29-27-43)46-32-36-51(37-33-46)63(49-18-5-2-6-19-49)59-24-13-15-47-14-7-8-20-53(47)59/h1-42H. The van der Waals surface area contributed by atoms with E-state index >= 15 is 0 Å². The van der Waals surface area contributed by atoms with E-state index in [2.05, 4.69) is 252 Å². The van der Waals surface area contributed by atoms with Crippen LogP contribution in [0, 0.1) is 0 Å². The largest absolute Gasteiger partial charge is 0.465 e. The summed E-state index contributed by atoms with van der Waals surface area (Å²) in [5.74, 6) is 0.891. The Labute approximate surface area is 374 Å². The van der Waals surface area contributed by atoms with Crippen LogP contribution in [-0.2, 0) is 5.41 Å². The number of anilines is 6. The van der Waals surface area contributed by atoms with Crippen molar-refractivity contribution in [2.75, 3.05) is 9.80 Å². The molecule has 0 amide bonds. The number of ether oxygens (including phenoxy) is 1. The van der Waals surface area contributed by atoms with Crippen molar-refractivity contribution >= 4 is 44.9 Å². The van der Waals surface area contributed by atoms with Crippen LogP contribution in [0.2, 0.25) is 0 Å². The molecule has 0 N–H and O–H groups in total. The molecule has 302 valence electrons. The SMILES string of the molecule is C1=CC2(c3ccccc3O1)c1ccccc1-c1ccc(N(c3ccccc3)c3ccc(-c4ccc(-c5ccc(N(c6ccccc6)c6cccc7ccccc67)cc5)cc4)cc3)cc12. The van der Waals surface area contributed by atoms with Crippen molar-refractivity contribution in [1.29, 1.82) is 0 Å². The highest BCUT2D eigenvalue weighted by molar-refractivity contribution is 5.99. The molecule has 0 fully saturated rings. The lowest BCUT2D eigenvalue weighted by Crippen LogP contribution is -2.27. The number of benzene rings is 10. The fourth-order valence-corrected chi connectivity index (χ4v) is 10.00. The van der Waals surface area contributed by atoms with Crippen LogP contribution in [0.1, 0.15) is 16.7 Å².